The monoisotopic (exact) mass is 265 g/mol. The van der Waals surface area contributed by atoms with Crippen molar-refractivity contribution in [2.24, 2.45) is 11.8 Å². The summed E-state index contributed by atoms with van der Waals surface area (Å²) < 4.78 is 1.73. The van der Waals surface area contributed by atoms with Crippen LogP contribution < -0.4 is 10.5 Å². The summed E-state index contributed by atoms with van der Waals surface area (Å²) in [6, 6.07) is 0. The summed E-state index contributed by atoms with van der Waals surface area (Å²) in [4.78, 5) is 18.7. The van der Waals surface area contributed by atoms with Crippen LogP contribution in [-0.4, -0.2) is 34.4 Å². The highest BCUT2D eigenvalue weighted by molar-refractivity contribution is 5.36. The van der Waals surface area contributed by atoms with Gasteiger partial charge in [0.2, 0.25) is 0 Å². The molecule has 1 atom stereocenters. The number of aromatic nitrogens is 2. The minimum Gasteiger partial charge on any atom is -0.396 e. The van der Waals surface area contributed by atoms with Crippen molar-refractivity contribution < 1.29 is 5.11 Å². The average Bonchev–Trinajstić information content (AvgIpc) is 2.41. The van der Waals surface area contributed by atoms with E-state index in [0.29, 0.717) is 18.3 Å². The Morgan fingerprint density at radius 1 is 1.53 bits per heavy atom. The van der Waals surface area contributed by atoms with Crippen molar-refractivity contribution in [1.29, 1.82) is 0 Å². The average molecular weight is 265 g/mol. The van der Waals surface area contributed by atoms with E-state index in [-0.39, 0.29) is 18.1 Å². The fourth-order valence-corrected chi connectivity index (χ4v) is 2.60. The number of aliphatic hydroxyl groups excluding tert-OH is 1. The lowest BCUT2D eigenvalue weighted by Gasteiger charge is -2.32. The molecule has 5 nitrogen and oxygen atoms in total. The topological polar surface area (TPSA) is 58.4 Å². The Bertz CT molecular complexity index is 470. The standard InChI is InChI=1S/C14H23N3O2/c1-11(2)8-17-7-5-15-13(14(17)19)16-6-3-4-12(9-16)10-18/h5,7,11-12,18H,3-4,6,8-10H2,1-2H3. The Morgan fingerprint density at radius 2 is 2.32 bits per heavy atom. The Labute approximate surface area is 113 Å². The highest BCUT2D eigenvalue weighted by Crippen LogP contribution is 2.18. The van der Waals surface area contributed by atoms with Gasteiger partial charge in [0.15, 0.2) is 5.82 Å². The van der Waals surface area contributed by atoms with Crippen LogP contribution in [-0.2, 0) is 6.54 Å². The molecule has 1 aliphatic rings. The van der Waals surface area contributed by atoms with Crippen molar-refractivity contribution in [3.05, 3.63) is 22.7 Å². The molecular formula is C14H23N3O2. The molecule has 0 saturated carbocycles. The molecule has 1 N–H and O–H groups in total. The van der Waals surface area contributed by atoms with E-state index in [9.17, 15) is 9.90 Å². The predicted molar refractivity (Wildman–Crippen MR) is 75.4 cm³/mol. The number of aliphatic hydroxyl groups is 1. The molecule has 5 heteroatoms. The van der Waals surface area contributed by atoms with Gasteiger partial charge in [-0.3, -0.25) is 4.79 Å². The first-order chi connectivity index (χ1) is 9.11. The molecule has 0 amide bonds. The Kier molecular flexibility index (Phi) is 4.58. The van der Waals surface area contributed by atoms with E-state index < -0.39 is 0 Å². The largest absolute Gasteiger partial charge is 0.396 e. The first-order valence-electron chi connectivity index (χ1n) is 7.03. The molecule has 2 heterocycles. The SMILES string of the molecule is CC(C)Cn1ccnc(N2CCCC(CO)C2)c1=O. The molecule has 2 rings (SSSR count). The maximum Gasteiger partial charge on any atom is 0.293 e. The number of piperidine rings is 1. The summed E-state index contributed by atoms with van der Waals surface area (Å²) >= 11 is 0. The third-order valence-electron chi connectivity index (χ3n) is 3.53. The van der Waals surface area contributed by atoms with Gasteiger partial charge in [0.25, 0.3) is 5.56 Å². The molecule has 1 aliphatic heterocycles. The molecule has 1 aromatic heterocycles. The summed E-state index contributed by atoms with van der Waals surface area (Å²) in [6.07, 6.45) is 5.48. The van der Waals surface area contributed by atoms with Gasteiger partial charge in [-0.25, -0.2) is 4.98 Å². The number of anilines is 1. The molecule has 0 spiro atoms. The van der Waals surface area contributed by atoms with Crippen LogP contribution >= 0.6 is 0 Å². The first kappa shape index (κ1) is 14.1. The van der Waals surface area contributed by atoms with Crippen LogP contribution in [0.3, 0.4) is 0 Å². The Balaban J connectivity index is 2.22. The predicted octanol–water partition coefficient (Wildman–Crippen LogP) is 1.11. The van der Waals surface area contributed by atoms with Crippen LogP contribution in [0.4, 0.5) is 5.82 Å². The lowest BCUT2D eigenvalue weighted by atomic mass is 9.99. The van der Waals surface area contributed by atoms with Crippen LogP contribution in [0.15, 0.2) is 17.2 Å². The second-order valence-corrected chi connectivity index (χ2v) is 5.74. The van der Waals surface area contributed by atoms with Crippen molar-refractivity contribution in [1.82, 2.24) is 9.55 Å². The van der Waals surface area contributed by atoms with Crippen LogP contribution in [0, 0.1) is 11.8 Å². The van der Waals surface area contributed by atoms with E-state index in [4.69, 9.17) is 0 Å². The highest BCUT2D eigenvalue weighted by Gasteiger charge is 2.22. The van der Waals surface area contributed by atoms with Crippen LogP contribution in [0.25, 0.3) is 0 Å². The number of hydrogen-bond acceptors (Lipinski definition) is 4. The Morgan fingerprint density at radius 3 is 3.00 bits per heavy atom. The molecule has 1 saturated heterocycles. The van der Waals surface area contributed by atoms with E-state index in [1.807, 2.05) is 4.90 Å². The molecule has 1 unspecified atom stereocenters. The van der Waals surface area contributed by atoms with Crippen LogP contribution in [0.5, 0.6) is 0 Å². The van der Waals surface area contributed by atoms with Crippen molar-refractivity contribution in [3.63, 3.8) is 0 Å². The van der Waals surface area contributed by atoms with Gasteiger partial charge in [-0.1, -0.05) is 13.8 Å². The van der Waals surface area contributed by atoms with Crippen LogP contribution in [0.2, 0.25) is 0 Å². The Hall–Kier alpha value is -1.36. The summed E-state index contributed by atoms with van der Waals surface area (Å²) in [5.41, 5.74) is -0.0187. The van der Waals surface area contributed by atoms with Crippen molar-refractivity contribution >= 4 is 5.82 Å². The maximum absolute atomic E-state index is 12.4. The quantitative estimate of drug-likeness (QED) is 0.886. The molecule has 1 aromatic rings. The fraction of sp³-hybridized carbons (Fsp3) is 0.714. The zero-order valence-corrected chi connectivity index (χ0v) is 11.7. The minimum absolute atomic E-state index is 0.0187. The summed E-state index contributed by atoms with van der Waals surface area (Å²) in [6.45, 7) is 6.66. The lowest BCUT2D eigenvalue weighted by Crippen LogP contribution is -2.41. The van der Waals surface area contributed by atoms with Gasteiger partial charge in [0, 0.05) is 38.6 Å². The number of hydrogen-bond donors (Lipinski definition) is 1. The van der Waals surface area contributed by atoms with E-state index >= 15 is 0 Å². The van der Waals surface area contributed by atoms with Crippen molar-refractivity contribution in [2.75, 3.05) is 24.6 Å². The van der Waals surface area contributed by atoms with Gasteiger partial charge in [-0.05, 0) is 24.7 Å². The molecule has 1 fully saturated rings. The smallest absolute Gasteiger partial charge is 0.293 e. The second-order valence-electron chi connectivity index (χ2n) is 5.74. The summed E-state index contributed by atoms with van der Waals surface area (Å²) in [7, 11) is 0. The van der Waals surface area contributed by atoms with E-state index in [1.54, 1.807) is 17.0 Å². The highest BCUT2D eigenvalue weighted by atomic mass is 16.3. The molecule has 0 aliphatic carbocycles. The lowest BCUT2D eigenvalue weighted by molar-refractivity contribution is 0.208. The molecule has 106 valence electrons. The van der Waals surface area contributed by atoms with Gasteiger partial charge in [-0.15, -0.1) is 0 Å². The fourth-order valence-electron chi connectivity index (χ4n) is 2.60. The molecule has 0 radical (unpaired) electrons. The van der Waals surface area contributed by atoms with Gasteiger partial charge < -0.3 is 14.6 Å². The summed E-state index contributed by atoms with van der Waals surface area (Å²) in [5.74, 6) is 1.22. The van der Waals surface area contributed by atoms with Gasteiger partial charge in [-0.2, -0.15) is 0 Å². The zero-order valence-electron chi connectivity index (χ0n) is 11.7. The molecule has 0 aromatic carbocycles. The number of nitrogens with zero attached hydrogens (tertiary/aromatic N) is 3. The second kappa shape index (κ2) is 6.19. The minimum atomic E-state index is -0.0187. The van der Waals surface area contributed by atoms with Crippen molar-refractivity contribution in [3.8, 4) is 0 Å². The zero-order chi connectivity index (χ0) is 13.8. The molecule has 0 bridgehead atoms. The third-order valence-corrected chi connectivity index (χ3v) is 3.53. The normalized spacial score (nSPS) is 20.0. The molecular weight excluding hydrogens is 242 g/mol. The van der Waals surface area contributed by atoms with Crippen molar-refractivity contribution in [2.45, 2.75) is 33.2 Å². The van der Waals surface area contributed by atoms with Gasteiger partial charge >= 0.3 is 0 Å². The number of rotatable bonds is 4. The van der Waals surface area contributed by atoms with Gasteiger partial charge in [0.1, 0.15) is 0 Å². The van der Waals surface area contributed by atoms with E-state index in [2.05, 4.69) is 18.8 Å². The van der Waals surface area contributed by atoms with Gasteiger partial charge in [0.05, 0.1) is 0 Å². The van der Waals surface area contributed by atoms with Crippen LogP contribution in [0.1, 0.15) is 26.7 Å². The molecule has 19 heavy (non-hydrogen) atoms. The summed E-state index contributed by atoms with van der Waals surface area (Å²) in [5, 5.41) is 9.27. The van der Waals surface area contributed by atoms with E-state index in [1.165, 1.54) is 0 Å². The first-order valence-corrected chi connectivity index (χ1v) is 7.03. The van der Waals surface area contributed by atoms with E-state index in [0.717, 1.165) is 25.9 Å². The maximum atomic E-state index is 12.4. The third kappa shape index (κ3) is 3.35.